The number of ether oxygens (including phenoxy) is 1. The standard InChI is InChI=1S/C21H32N2O3/c1-15(2)26-14-17-10-7-6-9-16(17)13-22-19(24)18-11-8-12-23(18)20(25)21(3,4)5/h6-7,9-10,15,18H,8,11-14H2,1-5H3,(H,22,24). The van der Waals surface area contributed by atoms with Crippen LogP contribution in [0.5, 0.6) is 0 Å². The maximum atomic E-state index is 12.7. The molecule has 1 aromatic rings. The second-order valence-electron chi connectivity index (χ2n) is 8.25. The Bertz CT molecular complexity index is 634. The Morgan fingerprint density at radius 1 is 1.23 bits per heavy atom. The number of benzene rings is 1. The average molecular weight is 360 g/mol. The summed E-state index contributed by atoms with van der Waals surface area (Å²) in [7, 11) is 0. The molecule has 144 valence electrons. The summed E-state index contributed by atoms with van der Waals surface area (Å²) >= 11 is 0. The molecule has 26 heavy (non-hydrogen) atoms. The Hall–Kier alpha value is -1.88. The lowest BCUT2D eigenvalue weighted by molar-refractivity contribution is -0.144. The van der Waals surface area contributed by atoms with Crippen LogP contribution in [0.2, 0.25) is 0 Å². The molecule has 5 nitrogen and oxygen atoms in total. The molecule has 1 N–H and O–H groups in total. The number of amides is 2. The molecule has 0 aliphatic carbocycles. The molecule has 0 spiro atoms. The fourth-order valence-electron chi connectivity index (χ4n) is 3.14. The van der Waals surface area contributed by atoms with Crippen molar-refractivity contribution >= 4 is 11.8 Å². The Kier molecular flexibility index (Phi) is 6.81. The smallest absolute Gasteiger partial charge is 0.243 e. The third-order valence-corrected chi connectivity index (χ3v) is 4.60. The van der Waals surface area contributed by atoms with E-state index >= 15 is 0 Å². The normalized spacial score (nSPS) is 17.6. The Labute approximate surface area is 157 Å². The van der Waals surface area contributed by atoms with E-state index in [1.165, 1.54) is 0 Å². The van der Waals surface area contributed by atoms with Crippen molar-refractivity contribution < 1.29 is 14.3 Å². The molecule has 0 aromatic heterocycles. The number of carbonyl (C=O) groups is 2. The molecular formula is C21H32N2O3. The molecule has 1 aliphatic heterocycles. The summed E-state index contributed by atoms with van der Waals surface area (Å²) in [6.07, 6.45) is 1.76. The molecule has 2 rings (SSSR count). The summed E-state index contributed by atoms with van der Waals surface area (Å²) in [5.41, 5.74) is 1.66. The molecule has 1 aromatic carbocycles. The molecule has 5 heteroatoms. The van der Waals surface area contributed by atoms with E-state index in [0.29, 0.717) is 19.7 Å². The first-order chi connectivity index (χ1) is 12.2. The summed E-state index contributed by atoms with van der Waals surface area (Å²) in [6.45, 7) is 11.3. The average Bonchev–Trinajstić information content (AvgIpc) is 3.06. The van der Waals surface area contributed by atoms with E-state index in [0.717, 1.165) is 24.0 Å². The predicted octanol–water partition coefficient (Wildman–Crippen LogP) is 3.26. The van der Waals surface area contributed by atoms with Crippen LogP contribution < -0.4 is 5.32 Å². The van der Waals surface area contributed by atoms with Gasteiger partial charge < -0.3 is 15.0 Å². The molecule has 1 aliphatic rings. The lowest BCUT2D eigenvalue weighted by atomic mass is 9.94. The minimum Gasteiger partial charge on any atom is -0.374 e. The third-order valence-electron chi connectivity index (χ3n) is 4.60. The number of hydrogen-bond donors (Lipinski definition) is 1. The van der Waals surface area contributed by atoms with E-state index in [9.17, 15) is 9.59 Å². The Morgan fingerprint density at radius 2 is 1.88 bits per heavy atom. The zero-order valence-electron chi connectivity index (χ0n) is 16.7. The van der Waals surface area contributed by atoms with Crippen LogP contribution in [0.3, 0.4) is 0 Å². The fraction of sp³-hybridized carbons (Fsp3) is 0.619. The highest BCUT2D eigenvalue weighted by Gasteiger charge is 2.38. The van der Waals surface area contributed by atoms with Gasteiger partial charge in [-0.15, -0.1) is 0 Å². The van der Waals surface area contributed by atoms with Crippen LogP contribution in [0.4, 0.5) is 0 Å². The minimum atomic E-state index is -0.469. The monoisotopic (exact) mass is 360 g/mol. The predicted molar refractivity (Wildman–Crippen MR) is 102 cm³/mol. The summed E-state index contributed by atoms with van der Waals surface area (Å²) in [6, 6.07) is 7.61. The molecule has 0 radical (unpaired) electrons. The molecule has 1 unspecified atom stereocenters. The highest BCUT2D eigenvalue weighted by atomic mass is 16.5. The lowest BCUT2D eigenvalue weighted by Gasteiger charge is -2.30. The Balaban J connectivity index is 1.99. The number of nitrogens with zero attached hydrogens (tertiary/aromatic N) is 1. The van der Waals surface area contributed by atoms with Crippen LogP contribution in [-0.2, 0) is 27.5 Å². The first-order valence-electron chi connectivity index (χ1n) is 9.47. The highest BCUT2D eigenvalue weighted by Crippen LogP contribution is 2.25. The molecule has 1 heterocycles. The van der Waals surface area contributed by atoms with Gasteiger partial charge in [0, 0.05) is 18.5 Å². The number of carbonyl (C=O) groups excluding carboxylic acids is 2. The van der Waals surface area contributed by atoms with Gasteiger partial charge in [-0.3, -0.25) is 9.59 Å². The van der Waals surface area contributed by atoms with Gasteiger partial charge in [-0.25, -0.2) is 0 Å². The topological polar surface area (TPSA) is 58.6 Å². The van der Waals surface area contributed by atoms with E-state index in [-0.39, 0.29) is 24.0 Å². The molecule has 1 fully saturated rings. The van der Waals surface area contributed by atoms with Gasteiger partial charge in [-0.05, 0) is 37.8 Å². The number of likely N-dealkylation sites (tertiary alicyclic amines) is 1. The van der Waals surface area contributed by atoms with E-state index in [2.05, 4.69) is 5.32 Å². The SMILES string of the molecule is CC(C)OCc1ccccc1CNC(=O)C1CCCN1C(=O)C(C)(C)C. The number of nitrogens with one attached hydrogen (secondary N) is 1. The minimum absolute atomic E-state index is 0.0425. The van der Waals surface area contributed by atoms with E-state index in [1.807, 2.05) is 58.9 Å². The van der Waals surface area contributed by atoms with Crippen LogP contribution in [0, 0.1) is 5.41 Å². The van der Waals surface area contributed by atoms with Crippen LogP contribution in [0.15, 0.2) is 24.3 Å². The lowest BCUT2D eigenvalue weighted by Crippen LogP contribution is -2.49. The highest BCUT2D eigenvalue weighted by molar-refractivity contribution is 5.90. The van der Waals surface area contributed by atoms with Gasteiger partial charge in [0.25, 0.3) is 0 Å². The van der Waals surface area contributed by atoms with Gasteiger partial charge in [0.1, 0.15) is 6.04 Å². The Morgan fingerprint density at radius 3 is 2.50 bits per heavy atom. The molecule has 2 amide bonds. The van der Waals surface area contributed by atoms with Gasteiger partial charge in [-0.2, -0.15) is 0 Å². The number of hydrogen-bond acceptors (Lipinski definition) is 3. The van der Waals surface area contributed by atoms with Crippen molar-refractivity contribution in [2.75, 3.05) is 6.54 Å². The van der Waals surface area contributed by atoms with Crippen LogP contribution >= 0.6 is 0 Å². The fourth-order valence-corrected chi connectivity index (χ4v) is 3.14. The largest absolute Gasteiger partial charge is 0.374 e. The first kappa shape index (κ1) is 20.4. The van der Waals surface area contributed by atoms with Crippen molar-refractivity contribution in [3.8, 4) is 0 Å². The van der Waals surface area contributed by atoms with Crippen LogP contribution in [0.25, 0.3) is 0 Å². The summed E-state index contributed by atoms with van der Waals surface area (Å²) in [5, 5.41) is 3.02. The first-order valence-corrected chi connectivity index (χ1v) is 9.47. The molecule has 0 bridgehead atoms. The van der Waals surface area contributed by atoms with Crippen molar-refractivity contribution in [2.24, 2.45) is 5.41 Å². The third kappa shape index (κ3) is 5.31. The second kappa shape index (κ2) is 8.67. The zero-order valence-corrected chi connectivity index (χ0v) is 16.7. The van der Waals surface area contributed by atoms with Crippen molar-refractivity contribution in [1.82, 2.24) is 10.2 Å². The van der Waals surface area contributed by atoms with E-state index in [4.69, 9.17) is 4.74 Å². The van der Waals surface area contributed by atoms with Gasteiger partial charge in [-0.1, -0.05) is 45.0 Å². The zero-order chi connectivity index (χ0) is 19.3. The van der Waals surface area contributed by atoms with Crippen molar-refractivity contribution in [3.05, 3.63) is 35.4 Å². The summed E-state index contributed by atoms with van der Waals surface area (Å²) < 4.78 is 5.70. The molecular weight excluding hydrogens is 328 g/mol. The van der Waals surface area contributed by atoms with Crippen molar-refractivity contribution in [1.29, 1.82) is 0 Å². The van der Waals surface area contributed by atoms with Crippen LogP contribution in [0.1, 0.15) is 58.6 Å². The van der Waals surface area contributed by atoms with Gasteiger partial charge in [0.2, 0.25) is 11.8 Å². The van der Waals surface area contributed by atoms with Crippen molar-refractivity contribution in [3.63, 3.8) is 0 Å². The summed E-state index contributed by atoms with van der Waals surface area (Å²) in [4.78, 5) is 27.0. The van der Waals surface area contributed by atoms with Gasteiger partial charge in [0.05, 0.1) is 12.7 Å². The van der Waals surface area contributed by atoms with Gasteiger partial charge >= 0.3 is 0 Å². The molecule has 0 saturated carbocycles. The van der Waals surface area contributed by atoms with E-state index < -0.39 is 5.41 Å². The van der Waals surface area contributed by atoms with E-state index in [1.54, 1.807) is 4.90 Å². The van der Waals surface area contributed by atoms with Gasteiger partial charge in [0.15, 0.2) is 0 Å². The molecule has 1 saturated heterocycles. The van der Waals surface area contributed by atoms with Crippen LogP contribution in [-0.4, -0.2) is 35.4 Å². The maximum Gasteiger partial charge on any atom is 0.243 e. The summed E-state index contributed by atoms with van der Waals surface area (Å²) in [5.74, 6) is -0.0273. The van der Waals surface area contributed by atoms with Crippen molar-refractivity contribution in [2.45, 2.75) is 72.8 Å². The second-order valence-corrected chi connectivity index (χ2v) is 8.25. The number of rotatable bonds is 6. The quantitative estimate of drug-likeness (QED) is 0.847. The molecule has 1 atom stereocenters. The maximum absolute atomic E-state index is 12.7.